The Bertz CT molecular complexity index is 647. The van der Waals surface area contributed by atoms with Gasteiger partial charge in [0.05, 0.1) is 11.6 Å². The van der Waals surface area contributed by atoms with E-state index < -0.39 is 0 Å². The number of carbonyl (C=O) groups excluding carboxylic acids is 2. The van der Waals surface area contributed by atoms with Crippen molar-refractivity contribution in [2.24, 2.45) is 5.41 Å². The summed E-state index contributed by atoms with van der Waals surface area (Å²) in [5, 5.41) is 10.3. The second kappa shape index (κ2) is 5.79. The van der Waals surface area contributed by atoms with Gasteiger partial charge in [-0.3, -0.25) is 9.89 Å². The van der Waals surface area contributed by atoms with Gasteiger partial charge in [-0.15, -0.1) is 0 Å². The number of nitrogens with one attached hydrogen (secondary N) is 2. The van der Waals surface area contributed by atoms with E-state index in [4.69, 9.17) is 0 Å². The highest BCUT2D eigenvalue weighted by Crippen LogP contribution is 2.40. The zero-order valence-electron chi connectivity index (χ0n) is 14.2. The van der Waals surface area contributed by atoms with E-state index in [1.54, 1.807) is 0 Å². The molecule has 0 saturated carbocycles. The number of nitrogens with zero attached hydrogens (tertiary/aromatic N) is 3. The summed E-state index contributed by atoms with van der Waals surface area (Å²) in [7, 11) is 1.88. The number of hydrogen-bond donors (Lipinski definition) is 2. The fourth-order valence-corrected chi connectivity index (χ4v) is 4.40. The fraction of sp³-hybridized carbons (Fsp3) is 0.706. The van der Waals surface area contributed by atoms with Gasteiger partial charge in [-0.1, -0.05) is 0 Å². The monoisotopic (exact) mass is 331 g/mol. The van der Waals surface area contributed by atoms with Gasteiger partial charge in [-0.2, -0.15) is 5.10 Å². The number of hydrogen-bond acceptors (Lipinski definition) is 3. The summed E-state index contributed by atoms with van der Waals surface area (Å²) in [6.07, 6.45) is 7.11. The molecule has 3 amide bonds. The van der Waals surface area contributed by atoms with Crippen LogP contribution >= 0.6 is 0 Å². The summed E-state index contributed by atoms with van der Waals surface area (Å²) in [5.41, 5.74) is 2.20. The average Bonchev–Trinajstić information content (AvgIpc) is 3.16. The van der Waals surface area contributed by atoms with Crippen LogP contribution in [0.1, 0.15) is 36.9 Å². The topological polar surface area (TPSA) is 81.3 Å². The third-order valence-electron chi connectivity index (χ3n) is 6.08. The lowest BCUT2D eigenvalue weighted by atomic mass is 9.77. The molecule has 2 aliphatic heterocycles. The van der Waals surface area contributed by atoms with E-state index in [1.807, 2.05) is 23.0 Å². The van der Waals surface area contributed by atoms with E-state index in [-0.39, 0.29) is 23.4 Å². The molecule has 1 aromatic rings. The number of fused-ring (bicyclic) bond motifs is 1. The summed E-state index contributed by atoms with van der Waals surface area (Å²) in [5.74, 6) is 0.266. The lowest BCUT2D eigenvalue weighted by Gasteiger charge is -2.38. The van der Waals surface area contributed by atoms with E-state index in [0.29, 0.717) is 13.1 Å². The number of aryl methyl sites for hydroxylation is 1. The molecule has 3 heterocycles. The molecule has 24 heavy (non-hydrogen) atoms. The zero-order chi connectivity index (χ0) is 16.7. The number of urea groups is 1. The summed E-state index contributed by atoms with van der Waals surface area (Å²) < 4.78 is 0. The number of likely N-dealkylation sites (tertiary alicyclic amines) is 2. The van der Waals surface area contributed by atoms with Gasteiger partial charge in [0.25, 0.3) is 0 Å². The molecular formula is C17H25N5O2. The number of aromatic amines is 1. The SMILES string of the molecule is CN1CCC2(CCN(C(=O)NC3CCc4[nH]ncc4C3)CC2)C1=O. The van der Waals surface area contributed by atoms with Crippen molar-refractivity contribution in [2.45, 2.75) is 44.6 Å². The lowest BCUT2D eigenvalue weighted by molar-refractivity contribution is -0.137. The normalized spacial score (nSPS) is 25.9. The van der Waals surface area contributed by atoms with Crippen LogP contribution in [0.4, 0.5) is 4.79 Å². The molecule has 2 N–H and O–H groups in total. The minimum Gasteiger partial charge on any atom is -0.345 e. The molecule has 7 nitrogen and oxygen atoms in total. The first kappa shape index (κ1) is 15.5. The largest absolute Gasteiger partial charge is 0.345 e. The number of rotatable bonds is 1. The van der Waals surface area contributed by atoms with E-state index in [9.17, 15) is 9.59 Å². The molecular weight excluding hydrogens is 306 g/mol. The van der Waals surface area contributed by atoms with Crippen molar-refractivity contribution < 1.29 is 9.59 Å². The highest BCUT2D eigenvalue weighted by atomic mass is 16.2. The maximum absolute atomic E-state index is 12.6. The van der Waals surface area contributed by atoms with Gasteiger partial charge in [0.1, 0.15) is 0 Å². The molecule has 0 radical (unpaired) electrons. The highest BCUT2D eigenvalue weighted by molar-refractivity contribution is 5.85. The lowest BCUT2D eigenvalue weighted by Crippen LogP contribution is -2.52. The van der Waals surface area contributed by atoms with Crippen LogP contribution < -0.4 is 5.32 Å². The van der Waals surface area contributed by atoms with Gasteiger partial charge in [0, 0.05) is 38.4 Å². The van der Waals surface area contributed by atoms with Crippen molar-refractivity contribution in [3.8, 4) is 0 Å². The first-order chi connectivity index (χ1) is 11.6. The highest BCUT2D eigenvalue weighted by Gasteiger charge is 2.47. The molecule has 1 unspecified atom stereocenters. The summed E-state index contributed by atoms with van der Waals surface area (Å²) in [4.78, 5) is 28.6. The third kappa shape index (κ3) is 2.56. The standard InChI is InChI=1S/C17H25N5O2/c1-21-7-4-17(15(21)23)5-8-22(9-6-17)16(24)19-13-2-3-14-12(10-13)11-18-20-14/h11,13H,2-10H2,1H3,(H,18,20)(H,19,24). The van der Waals surface area contributed by atoms with Gasteiger partial charge >= 0.3 is 6.03 Å². The van der Waals surface area contributed by atoms with Gasteiger partial charge < -0.3 is 15.1 Å². The Morgan fingerprint density at radius 3 is 2.79 bits per heavy atom. The smallest absolute Gasteiger partial charge is 0.317 e. The van der Waals surface area contributed by atoms with Crippen LogP contribution in [0, 0.1) is 5.41 Å². The Labute approximate surface area is 141 Å². The Balaban J connectivity index is 1.32. The van der Waals surface area contributed by atoms with Crippen molar-refractivity contribution in [2.75, 3.05) is 26.7 Å². The van der Waals surface area contributed by atoms with E-state index in [1.165, 1.54) is 11.3 Å². The van der Waals surface area contributed by atoms with Crippen LogP contribution in [-0.4, -0.2) is 64.7 Å². The molecule has 1 atom stereocenters. The molecule has 3 aliphatic rings. The Morgan fingerprint density at radius 2 is 2.08 bits per heavy atom. The van der Waals surface area contributed by atoms with Crippen LogP contribution in [0.15, 0.2) is 6.20 Å². The number of amides is 3. The molecule has 7 heteroatoms. The van der Waals surface area contributed by atoms with E-state index in [0.717, 1.165) is 45.1 Å². The van der Waals surface area contributed by atoms with Crippen molar-refractivity contribution in [3.63, 3.8) is 0 Å². The molecule has 0 bridgehead atoms. The summed E-state index contributed by atoms with van der Waals surface area (Å²) in [6.45, 7) is 2.20. The van der Waals surface area contributed by atoms with Gasteiger partial charge in [0.15, 0.2) is 0 Å². The molecule has 130 valence electrons. The van der Waals surface area contributed by atoms with Crippen LogP contribution in [-0.2, 0) is 17.6 Å². The molecule has 2 saturated heterocycles. The fourth-order valence-electron chi connectivity index (χ4n) is 4.40. The molecule has 0 aromatic carbocycles. The Morgan fingerprint density at radius 1 is 1.33 bits per heavy atom. The molecule has 2 fully saturated rings. The number of H-pyrrole nitrogens is 1. The number of carbonyl (C=O) groups is 2. The van der Waals surface area contributed by atoms with Crippen molar-refractivity contribution in [1.82, 2.24) is 25.3 Å². The first-order valence-corrected chi connectivity index (χ1v) is 8.89. The maximum Gasteiger partial charge on any atom is 0.317 e. The van der Waals surface area contributed by atoms with Crippen LogP contribution in [0.5, 0.6) is 0 Å². The molecule has 1 aromatic heterocycles. The second-order valence-corrected chi connectivity index (χ2v) is 7.51. The predicted octanol–water partition coefficient (Wildman–Crippen LogP) is 0.921. The second-order valence-electron chi connectivity index (χ2n) is 7.51. The van der Waals surface area contributed by atoms with E-state index in [2.05, 4.69) is 15.5 Å². The number of piperidine rings is 1. The molecule has 4 rings (SSSR count). The predicted molar refractivity (Wildman–Crippen MR) is 88.4 cm³/mol. The van der Waals surface area contributed by atoms with Gasteiger partial charge in [-0.25, -0.2) is 4.79 Å². The minimum absolute atomic E-state index is 0.0144. The van der Waals surface area contributed by atoms with Crippen molar-refractivity contribution in [1.29, 1.82) is 0 Å². The first-order valence-electron chi connectivity index (χ1n) is 8.89. The maximum atomic E-state index is 12.6. The van der Waals surface area contributed by atoms with Crippen molar-refractivity contribution in [3.05, 3.63) is 17.5 Å². The summed E-state index contributed by atoms with van der Waals surface area (Å²) >= 11 is 0. The molecule has 1 aliphatic carbocycles. The molecule has 1 spiro atoms. The third-order valence-corrected chi connectivity index (χ3v) is 6.08. The minimum atomic E-state index is -0.206. The Hall–Kier alpha value is -2.05. The quantitative estimate of drug-likeness (QED) is 0.803. The van der Waals surface area contributed by atoms with Crippen LogP contribution in [0.3, 0.4) is 0 Å². The summed E-state index contributed by atoms with van der Waals surface area (Å²) in [6, 6.07) is 0.193. The average molecular weight is 331 g/mol. The number of aromatic nitrogens is 2. The Kier molecular flexibility index (Phi) is 3.73. The van der Waals surface area contributed by atoms with E-state index >= 15 is 0 Å². The zero-order valence-corrected chi connectivity index (χ0v) is 14.2. The van der Waals surface area contributed by atoms with Gasteiger partial charge in [-0.05, 0) is 44.1 Å². The van der Waals surface area contributed by atoms with Crippen molar-refractivity contribution >= 4 is 11.9 Å². The van der Waals surface area contributed by atoms with Crippen LogP contribution in [0.25, 0.3) is 0 Å². The van der Waals surface area contributed by atoms with Crippen LogP contribution in [0.2, 0.25) is 0 Å². The van der Waals surface area contributed by atoms with Gasteiger partial charge in [0.2, 0.25) is 5.91 Å².